The largest absolute Gasteiger partial charge is 0.488 e. The average Bonchev–Trinajstić information content (AvgIpc) is 3.47. The zero-order valence-corrected chi connectivity index (χ0v) is 20.6. The molecule has 4 rings (SSSR count). The van der Waals surface area contributed by atoms with Gasteiger partial charge in [0.05, 0.1) is 19.1 Å². The van der Waals surface area contributed by atoms with Gasteiger partial charge in [0, 0.05) is 36.8 Å². The van der Waals surface area contributed by atoms with Crippen molar-refractivity contribution in [3.63, 3.8) is 0 Å². The first-order valence-corrected chi connectivity index (χ1v) is 12.2. The number of aliphatic hydroxyl groups excluding tert-OH is 1. The third-order valence-electron chi connectivity index (χ3n) is 6.66. The summed E-state index contributed by atoms with van der Waals surface area (Å²) in [5.74, 6) is 1.12. The zero-order chi connectivity index (χ0) is 24.9. The Hall–Kier alpha value is -3.05. The molecule has 2 heterocycles. The summed E-state index contributed by atoms with van der Waals surface area (Å²) in [6.45, 7) is 6.12. The molecule has 0 radical (unpaired) electrons. The monoisotopic (exact) mass is 485 g/mol. The quantitative estimate of drug-likeness (QED) is 0.534. The molecule has 2 amide bonds. The number of benzene rings is 1. The highest BCUT2D eigenvalue weighted by Gasteiger charge is 2.32. The van der Waals surface area contributed by atoms with Gasteiger partial charge in [0.2, 0.25) is 11.8 Å². The first kappa shape index (κ1) is 25.1. The van der Waals surface area contributed by atoms with Crippen LogP contribution in [-0.2, 0) is 22.6 Å². The number of amides is 2. The molecule has 0 saturated heterocycles. The van der Waals surface area contributed by atoms with Crippen LogP contribution in [0.2, 0.25) is 0 Å². The predicted molar refractivity (Wildman–Crippen MR) is 129 cm³/mol. The first-order valence-electron chi connectivity index (χ1n) is 12.2. The van der Waals surface area contributed by atoms with Gasteiger partial charge in [-0.1, -0.05) is 6.92 Å². The van der Waals surface area contributed by atoms with Crippen molar-refractivity contribution in [2.45, 2.75) is 51.8 Å². The van der Waals surface area contributed by atoms with E-state index in [1.807, 2.05) is 13.0 Å². The van der Waals surface area contributed by atoms with E-state index in [-0.39, 0.29) is 49.5 Å². The summed E-state index contributed by atoms with van der Waals surface area (Å²) in [6.07, 6.45) is 3.93. The van der Waals surface area contributed by atoms with E-state index in [0.717, 1.165) is 19.0 Å². The van der Waals surface area contributed by atoms with Crippen LogP contribution in [0.15, 0.2) is 24.5 Å². The second kappa shape index (κ2) is 11.1. The molecule has 11 heteroatoms. The molecule has 11 nitrogen and oxygen atoms in total. The van der Waals surface area contributed by atoms with Crippen LogP contribution in [0, 0.1) is 11.8 Å². The molecular weight excluding hydrogens is 450 g/mol. The molecule has 1 fully saturated rings. The van der Waals surface area contributed by atoms with Crippen LogP contribution < -0.4 is 10.1 Å². The van der Waals surface area contributed by atoms with E-state index in [2.05, 4.69) is 39.7 Å². The molecule has 2 aromatic rings. The molecular formula is C24H35N7O4. The Morgan fingerprint density at radius 1 is 1.34 bits per heavy atom. The minimum absolute atomic E-state index is 0.0196. The third-order valence-corrected chi connectivity index (χ3v) is 6.66. The Morgan fingerprint density at radius 3 is 2.83 bits per heavy atom. The van der Waals surface area contributed by atoms with Gasteiger partial charge in [-0.15, -0.1) is 5.10 Å². The third kappa shape index (κ3) is 6.76. The topological polar surface area (TPSA) is 126 Å². The average molecular weight is 486 g/mol. The predicted octanol–water partition coefficient (Wildman–Crippen LogP) is 0.803. The number of carbonyl (C=O) groups is 2. The highest BCUT2D eigenvalue weighted by atomic mass is 16.5. The number of hydrogen-bond acceptors (Lipinski definition) is 8. The van der Waals surface area contributed by atoms with Crippen molar-refractivity contribution in [3.8, 4) is 5.75 Å². The minimum Gasteiger partial charge on any atom is -0.488 e. The lowest BCUT2D eigenvalue weighted by molar-refractivity contribution is -0.134. The summed E-state index contributed by atoms with van der Waals surface area (Å²) >= 11 is 0. The van der Waals surface area contributed by atoms with Gasteiger partial charge in [-0.3, -0.25) is 9.59 Å². The van der Waals surface area contributed by atoms with Crippen molar-refractivity contribution >= 4 is 17.5 Å². The Labute approximate surface area is 205 Å². The summed E-state index contributed by atoms with van der Waals surface area (Å²) in [6, 6.07) is 5.09. The normalized spacial score (nSPS) is 21.5. The van der Waals surface area contributed by atoms with E-state index in [4.69, 9.17) is 4.74 Å². The number of aliphatic hydroxyl groups is 1. The molecule has 1 aromatic heterocycles. The van der Waals surface area contributed by atoms with E-state index in [1.165, 1.54) is 23.9 Å². The fourth-order valence-electron chi connectivity index (χ4n) is 4.45. The molecule has 2 aliphatic rings. The summed E-state index contributed by atoms with van der Waals surface area (Å²) in [4.78, 5) is 29.8. The maximum absolute atomic E-state index is 13.3. The van der Waals surface area contributed by atoms with Crippen molar-refractivity contribution in [1.29, 1.82) is 0 Å². The van der Waals surface area contributed by atoms with Crippen molar-refractivity contribution < 1.29 is 19.4 Å². The number of anilines is 1. The van der Waals surface area contributed by atoms with Crippen LogP contribution in [0.1, 0.15) is 32.3 Å². The van der Waals surface area contributed by atoms with Gasteiger partial charge in [0.25, 0.3) is 0 Å². The second-order valence-corrected chi connectivity index (χ2v) is 9.93. The number of carbonyl (C=O) groups excluding carboxylic acids is 2. The van der Waals surface area contributed by atoms with Crippen LogP contribution in [0.3, 0.4) is 0 Å². The highest BCUT2D eigenvalue weighted by Crippen LogP contribution is 2.31. The number of nitrogens with zero attached hydrogens (tertiary/aromatic N) is 6. The van der Waals surface area contributed by atoms with Gasteiger partial charge >= 0.3 is 0 Å². The van der Waals surface area contributed by atoms with Gasteiger partial charge in [-0.25, -0.2) is 4.68 Å². The summed E-state index contributed by atoms with van der Waals surface area (Å²) in [7, 11) is 2.12. The van der Waals surface area contributed by atoms with E-state index >= 15 is 0 Å². The first-order chi connectivity index (χ1) is 16.8. The minimum atomic E-state index is -0.296. The molecule has 0 bridgehead atoms. The van der Waals surface area contributed by atoms with E-state index < -0.39 is 0 Å². The molecule has 0 spiro atoms. The fourth-order valence-corrected chi connectivity index (χ4v) is 4.45. The van der Waals surface area contributed by atoms with Crippen molar-refractivity contribution in [2.24, 2.45) is 11.8 Å². The number of aromatic nitrogens is 4. The SMILES string of the molecule is C[C@H](CO)N1C[C@H](C)[C@H](CN(C)CC2CC2)Oc2ccc(NC(=O)Cn3cnnn3)cc2CC1=O. The molecule has 2 N–H and O–H groups in total. The zero-order valence-electron chi connectivity index (χ0n) is 20.6. The van der Waals surface area contributed by atoms with Crippen molar-refractivity contribution in [2.75, 3.05) is 38.6 Å². The number of hydrogen-bond donors (Lipinski definition) is 2. The Kier molecular flexibility index (Phi) is 7.97. The number of tetrazole rings is 1. The molecule has 0 unspecified atom stereocenters. The van der Waals surface area contributed by atoms with Gasteiger partial charge < -0.3 is 25.0 Å². The molecule has 1 saturated carbocycles. The Morgan fingerprint density at radius 2 is 2.14 bits per heavy atom. The van der Waals surface area contributed by atoms with Crippen LogP contribution >= 0.6 is 0 Å². The molecule has 1 aromatic carbocycles. The van der Waals surface area contributed by atoms with Crippen LogP contribution in [-0.4, -0.2) is 92.4 Å². The summed E-state index contributed by atoms with van der Waals surface area (Å²) < 4.78 is 7.86. The Balaban J connectivity index is 1.56. The number of ether oxygens (including phenoxy) is 1. The molecule has 3 atom stereocenters. The van der Waals surface area contributed by atoms with Gasteiger partial charge in [-0.05, 0) is 61.4 Å². The number of fused-ring (bicyclic) bond motifs is 1. The summed E-state index contributed by atoms with van der Waals surface area (Å²) in [5.41, 5.74) is 1.27. The van der Waals surface area contributed by atoms with Crippen LogP contribution in [0.4, 0.5) is 5.69 Å². The van der Waals surface area contributed by atoms with Crippen molar-refractivity contribution in [1.82, 2.24) is 30.0 Å². The Bertz CT molecular complexity index is 1010. The molecule has 190 valence electrons. The molecule has 1 aliphatic heterocycles. The lowest BCUT2D eigenvalue weighted by Gasteiger charge is -2.34. The standard InChI is InChI=1S/C24H35N7O4/c1-16-10-31(17(2)14-32)24(34)9-19-8-20(26-23(33)13-30-15-25-27-28-30)6-7-21(19)35-22(16)12-29(3)11-18-4-5-18/h6-8,15-18,22,32H,4-5,9-14H2,1-3H3,(H,26,33)/t16-,17+,22-/m0/s1. The number of nitrogens with one attached hydrogen (secondary N) is 1. The maximum atomic E-state index is 13.3. The van der Waals surface area contributed by atoms with Crippen molar-refractivity contribution in [3.05, 3.63) is 30.1 Å². The van der Waals surface area contributed by atoms with Gasteiger partial charge in [0.15, 0.2) is 0 Å². The van der Waals surface area contributed by atoms with Crippen LogP contribution in [0.5, 0.6) is 5.75 Å². The number of rotatable bonds is 9. The van der Waals surface area contributed by atoms with Crippen LogP contribution in [0.25, 0.3) is 0 Å². The molecule has 35 heavy (non-hydrogen) atoms. The highest BCUT2D eigenvalue weighted by molar-refractivity contribution is 5.91. The van der Waals surface area contributed by atoms with Gasteiger partial charge in [0.1, 0.15) is 24.7 Å². The molecule has 1 aliphatic carbocycles. The number of likely N-dealkylation sites (N-methyl/N-ethyl adjacent to an activating group) is 1. The summed E-state index contributed by atoms with van der Waals surface area (Å²) in [5, 5.41) is 23.4. The lowest BCUT2D eigenvalue weighted by atomic mass is 10.0. The van der Waals surface area contributed by atoms with E-state index in [9.17, 15) is 14.7 Å². The van der Waals surface area contributed by atoms with E-state index in [0.29, 0.717) is 23.5 Å². The maximum Gasteiger partial charge on any atom is 0.246 e. The second-order valence-electron chi connectivity index (χ2n) is 9.93. The van der Waals surface area contributed by atoms with Gasteiger partial charge in [-0.2, -0.15) is 0 Å². The van der Waals surface area contributed by atoms with E-state index in [1.54, 1.807) is 17.0 Å². The lowest BCUT2D eigenvalue weighted by Crippen LogP contribution is -2.47. The fraction of sp³-hybridized carbons (Fsp3) is 0.625. The smallest absolute Gasteiger partial charge is 0.246 e.